The largest absolute Gasteiger partial charge is 0.372 e. The van der Waals surface area contributed by atoms with E-state index in [4.69, 9.17) is 23.2 Å². The normalized spacial score (nSPS) is 10.4. The van der Waals surface area contributed by atoms with Crippen LogP contribution in [0.25, 0.3) is 0 Å². The third-order valence-electron chi connectivity index (χ3n) is 3.57. The molecule has 0 radical (unpaired) electrons. The molecule has 0 heterocycles. The fourth-order valence-corrected chi connectivity index (χ4v) is 2.72. The number of hydrogen-bond donors (Lipinski definition) is 1. The number of carbonyl (C=O) groups is 1. The van der Waals surface area contributed by atoms with Crippen LogP contribution in [0.3, 0.4) is 0 Å². The minimum atomic E-state index is -0.194. The zero-order valence-electron chi connectivity index (χ0n) is 13.1. The number of hydrogen-bond acceptors (Lipinski definition) is 2. The molecule has 0 aromatic heterocycles. The van der Waals surface area contributed by atoms with Gasteiger partial charge in [0.15, 0.2) is 0 Å². The van der Waals surface area contributed by atoms with Gasteiger partial charge in [0.2, 0.25) is 0 Å². The zero-order chi connectivity index (χ0) is 16.7. The highest BCUT2D eigenvalue weighted by atomic mass is 35.5. The van der Waals surface area contributed by atoms with Crippen molar-refractivity contribution in [1.29, 1.82) is 0 Å². The van der Waals surface area contributed by atoms with Gasteiger partial charge in [0.1, 0.15) is 0 Å². The third-order valence-corrected chi connectivity index (χ3v) is 4.13. The first-order valence-electron chi connectivity index (χ1n) is 7.65. The monoisotopic (exact) mass is 350 g/mol. The fraction of sp³-hybridized carbons (Fsp3) is 0.278. The summed E-state index contributed by atoms with van der Waals surface area (Å²) in [5.41, 5.74) is 1.61. The average Bonchev–Trinajstić information content (AvgIpc) is 2.57. The van der Waals surface area contributed by atoms with Crippen LogP contribution in [-0.2, 0) is 0 Å². The molecule has 0 aliphatic carbocycles. The summed E-state index contributed by atoms with van der Waals surface area (Å²) < 4.78 is 0. The van der Waals surface area contributed by atoms with Crippen molar-refractivity contribution in [1.82, 2.24) is 5.32 Å². The van der Waals surface area contributed by atoms with E-state index in [2.05, 4.69) is 29.3 Å². The summed E-state index contributed by atoms with van der Waals surface area (Å²) in [6, 6.07) is 15.1. The van der Waals surface area contributed by atoms with Crippen LogP contribution in [-0.4, -0.2) is 25.5 Å². The van der Waals surface area contributed by atoms with Gasteiger partial charge in [0.05, 0.1) is 10.6 Å². The van der Waals surface area contributed by atoms with Crippen LogP contribution in [0.5, 0.6) is 0 Å². The van der Waals surface area contributed by atoms with E-state index < -0.39 is 0 Å². The van der Waals surface area contributed by atoms with Gasteiger partial charge in [-0.05, 0) is 43.7 Å². The van der Waals surface area contributed by atoms with E-state index in [0.29, 0.717) is 22.2 Å². The Morgan fingerprint density at radius 3 is 2.57 bits per heavy atom. The second-order valence-corrected chi connectivity index (χ2v) is 5.99. The first-order valence-corrected chi connectivity index (χ1v) is 8.40. The number of para-hydroxylation sites is 1. The molecule has 0 aliphatic rings. The molecule has 2 rings (SSSR count). The van der Waals surface area contributed by atoms with E-state index >= 15 is 0 Å². The van der Waals surface area contributed by atoms with Crippen molar-refractivity contribution < 1.29 is 4.79 Å². The lowest BCUT2D eigenvalue weighted by atomic mass is 10.2. The molecule has 0 unspecified atom stereocenters. The first kappa shape index (κ1) is 17.6. The van der Waals surface area contributed by atoms with Gasteiger partial charge in [0, 0.05) is 30.3 Å². The van der Waals surface area contributed by atoms with Gasteiger partial charge in [-0.15, -0.1) is 0 Å². The molecule has 1 N–H and O–H groups in total. The first-order chi connectivity index (χ1) is 11.1. The van der Waals surface area contributed by atoms with Crippen molar-refractivity contribution in [3.63, 3.8) is 0 Å². The zero-order valence-corrected chi connectivity index (χ0v) is 14.6. The molecule has 0 bridgehead atoms. The summed E-state index contributed by atoms with van der Waals surface area (Å²) in [5.74, 6) is -0.194. The fourth-order valence-electron chi connectivity index (χ4n) is 2.35. The van der Waals surface area contributed by atoms with Crippen molar-refractivity contribution in [2.75, 3.05) is 24.5 Å². The summed E-state index contributed by atoms with van der Waals surface area (Å²) in [4.78, 5) is 14.4. The molecule has 0 fully saturated rings. The lowest BCUT2D eigenvalue weighted by Crippen LogP contribution is -2.30. The van der Waals surface area contributed by atoms with Gasteiger partial charge in [0.25, 0.3) is 5.91 Å². The van der Waals surface area contributed by atoms with Crippen LogP contribution < -0.4 is 10.2 Å². The maximum absolute atomic E-state index is 12.1. The number of anilines is 1. The maximum Gasteiger partial charge on any atom is 0.252 e. The van der Waals surface area contributed by atoms with Crippen LogP contribution in [0.15, 0.2) is 48.5 Å². The Labute approximate surface area is 147 Å². The Bertz CT molecular complexity index is 647. The van der Waals surface area contributed by atoms with Crippen LogP contribution in [0, 0.1) is 0 Å². The van der Waals surface area contributed by atoms with E-state index in [1.807, 2.05) is 18.2 Å². The number of carbonyl (C=O) groups excluding carboxylic acids is 1. The molecule has 5 heteroatoms. The minimum Gasteiger partial charge on any atom is -0.372 e. The van der Waals surface area contributed by atoms with Gasteiger partial charge >= 0.3 is 0 Å². The lowest BCUT2D eigenvalue weighted by molar-refractivity contribution is 0.0953. The number of nitrogens with zero attached hydrogens (tertiary/aromatic N) is 1. The summed E-state index contributed by atoms with van der Waals surface area (Å²) in [6.45, 7) is 4.52. The van der Waals surface area contributed by atoms with Crippen LogP contribution in [0.1, 0.15) is 23.7 Å². The maximum atomic E-state index is 12.1. The molecule has 2 aromatic carbocycles. The lowest BCUT2D eigenvalue weighted by Gasteiger charge is -2.23. The Morgan fingerprint density at radius 1 is 1.13 bits per heavy atom. The van der Waals surface area contributed by atoms with Crippen molar-refractivity contribution in [2.24, 2.45) is 0 Å². The Morgan fingerprint density at radius 2 is 1.87 bits per heavy atom. The Balaban J connectivity index is 1.82. The van der Waals surface area contributed by atoms with Crippen LogP contribution >= 0.6 is 23.2 Å². The molecule has 23 heavy (non-hydrogen) atoms. The molecule has 0 spiro atoms. The number of nitrogens with one attached hydrogen (secondary N) is 1. The van der Waals surface area contributed by atoms with Crippen molar-refractivity contribution in [2.45, 2.75) is 13.3 Å². The van der Waals surface area contributed by atoms with Gasteiger partial charge in [-0.2, -0.15) is 0 Å². The Kier molecular flexibility index (Phi) is 6.75. The van der Waals surface area contributed by atoms with E-state index in [1.165, 1.54) is 5.69 Å². The van der Waals surface area contributed by atoms with Crippen LogP contribution in [0.4, 0.5) is 5.69 Å². The number of amides is 1. The predicted octanol–water partition coefficient (Wildman–Crippen LogP) is 4.64. The molecule has 0 aliphatic heterocycles. The topological polar surface area (TPSA) is 32.3 Å². The van der Waals surface area contributed by atoms with E-state index in [1.54, 1.807) is 18.2 Å². The van der Waals surface area contributed by atoms with Gasteiger partial charge < -0.3 is 10.2 Å². The molecule has 122 valence electrons. The third kappa shape index (κ3) is 5.15. The predicted molar refractivity (Wildman–Crippen MR) is 97.7 cm³/mol. The molecule has 1 amide bonds. The van der Waals surface area contributed by atoms with Gasteiger partial charge in [-0.25, -0.2) is 0 Å². The van der Waals surface area contributed by atoms with Crippen molar-refractivity contribution in [3.8, 4) is 0 Å². The molecule has 2 aromatic rings. The second kappa shape index (κ2) is 8.80. The van der Waals surface area contributed by atoms with Crippen molar-refractivity contribution >= 4 is 34.8 Å². The number of rotatable bonds is 7. The summed E-state index contributed by atoms with van der Waals surface area (Å²) in [7, 11) is 0. The molecule has 0 saturated carbocycles. The number of benzene rings is 2. The van der Waals surface area contributed by atoms with E-state index in [-0.39, 0.29) is 5.91 Å². The van der Waals surface area contributed by atoms with Crippen molar-refractivity contribution in [3.05, 3.63) is 64.1 Å². The van der Waals surface area contributed by atoms with Crippen LogP contribution in [0.2, 0.25) is 10.0 Å². The quantitative estimate of drug-likeness (QED) is 0.737. The highest BCUT2D eigenvalue weighted by Gasteiger charge is 2.10. The molecule has 0 saturated heterocycles. The average molecular weight is 351 g/mol. The summed E-state index contributed by atoms with van der Waals surface area (Å²) in [6.07, 6.45) is 0.854. The number of halogens is 2. The highest BCUT2D eigenvalue weighted by molar-refractivity contribution is 6.35. The molecular weight excluding hydrogens is 331 g/mol. The van der Waals surface area contributed by atoms with E-state index in [9.17, 15) is 4.79 Å². The van der Waals surface area contributed by atoms with E-state index in [0.717, 1.165) is 19.5 Å². The Hall–Kier alpha value is -1.71. The summed E-state index contributed by atoms with van der Waals surface area (Å²) >= 11 is 11.9. The molecular formula is C18H20Cl2N2O. The second-order valence-electron chi connectivity index (χ2n) is 5.15. The minimum absolute atomic E-state index is 0.194. The molecule has 3 nitrogen and oxygen atoms in total. The highest BCUT2D eigenvalue weighted by Crippen LogP contribution is 2.20. The smallest absolute Gasteiger partial charge is 0.252 e. The standard InChI is InChI=1S/C18H20Cl2N2O/c1-2-22(15-7-4-3-5-8-15)12-6-11-21-18(23)16-13-14(19)9-10-17(16)20/h3-5,7-10,13H,2,6,11-12H2,1H3,(H,21,23). The van der Waals surface area contributed by atoms with Gasteiger partial charge in [-0.3, -0.25) is 4.79 Å². The molecule has 0 atom stereocenters. The van der Waals surface area contributed by atoms with Gasteiger partial charge in [-0.1, -0.05) is 41.4 Å². The SMILES string of the molecule is CCN(CCCNC(=O)c1cc(Cl)ccc1Cl)c1ccccc1. The summed E-state index contributed by atoms with van der Waals surface area (Å²) in [5, 5.41) is 3.80.